The van der Waals surface area contributed by atoms with Crippen LogP contribution in [0.4, 0.5) is 5.69 Å². The van der Waals surface area contributed by atoms with E-state index in [1.807, 2.05) is 6.07 Å². The van der Waals surface area contributed by atoms with Crippen molar-refractivity contribution in [3.8, 4) is 0 Å². The van der Waals surface area contributed by atoms with Gasteiger partial charge in [-0.05, 0) is 18.6 Å². The van der Waals surface area contributed by atoms with Gasteiger partial charge in [0.05, 0.1) is 18.6 Å². The minimum atomic E-state index is -3.36. The van der Waals surface area contributed by atoms with Gasteiger partial charge in [0.2, 0.25) is 15.9 Å². The summed E-state index contributed by atoms with van der Waals surface area (Å²) < 4.78 is 29.8. The van der Waals surface area contributed by atoms with E-state index in [1.165, 1.54) is 10.6 Å². The number of benzene rings is 1. The van der Waals surface area contributed by atoms with Gasteiger partial charge in [0, 0.05) is 26.6 Å². The number of anilines is 1. The van der Waals surface area contributed by atoms with Crippen LogP contribution < -0.4 is 9.62 Å². The first-order valence-corrected chi connectivity index (χ1v) is 8.58. The van der Waals surface area contributed by atoms with E-state index >= 15 is 0 Å². The molecule has 0 saturated heterocycles. The second kappa shape index (κ2) is 8.63. The molecule has 1 rings (SSSR count). The first-order chi connectivity index (χ1) is 9.95. The van der Waals surface area contributed by atoms with Crippen molar-refractivity contribution in [1.29, 1.82) is 0 Å². The van der Waals surface area contributed by atoms with Gasteiger partial charge in [0.15, 0.2) is 0 Å². The van der Waals surface area contributed by atoms with Crippen LogP contribution in [-0.4, -0.2) is 47.4 Å². The first-order valence-electron chi connectivity index (χ1n) is 6.73. The number of nitrogens with zero attached hydrogens (tertiary/aromatic N) is 1. The average Bonchev–Trinajstić information content (AvgIpc) is 2.43. The van der Waals surface area contributed by atoms with Crippen LogP contribution in [0.2, 0.25) is 0 Å². The van der Waals surface area contributed by atoms with Gasteiger partial charge in [-0.25, -0.2) is 8.42 Å². The van der Waals surface area contributed by atoms with Crippen LogP contribution in [0.25, 0.3) is 0 Å². The van der Waals surface area contributed by atoms with Crippen molar-refractivity contribution in [3.05, 3.63) is 30.3 Å². The van der Waals surface area contributed by atoms with E-state index in [4.69, 9.17) is 4.74 Å². The van der Waals surface area contributed by atoms with Crippen molar-refractivity contribution < 1.29 is 17.9 Å². The van der Waals surface area contributed by atoms with E-state index < -0.39 is 10.0 Å². The van der Waals surface area contributed by atoms with Crippen LogP contribution >= 0.6 is 0 Å². The molecule has 0 radical (unpaired) electrons. The van der Waals surface area contributed by atoms with Gasteiger partial charge in [0.1, 0.15) is 0 Å². The molecule has 0 heterocycles. The number of hydrogen-bond acceptors (Lipinski definition) is 4. The molecule has 1 aromatic rings. The maximum atomic E-state index is 11.8. The highest BCUT2D eigenvalue weighted by Gasteiger charge is 2.16. The molecule has 0 aliphatic carbocycles. The Morgan fingerprint density at radius 3 is 2.52 bits per heavy atom. The zero-order chi connectivity index (χ0) is 15.7. The van der Waals surface area contributed by atoms with Crippen molar-refractivity contribution in [3.63, 3.8) is 0 Å². The van der Waals surface area contributed by atoms with Crippen LogP contribution in [0, 0.1) is 0 Å². The number of carbonyl (C=O) groups excluding carboxylic acids is 1. The van der Waals surface area contributed by atoms with Gasteiger partial charge in [-0.15, -0.1) is 0 Å². The van der Waals surface area contributed by atoms with Crippen molar-refractivity contribution in [2.24, 2.45) is 0 Å². The lowest BCUT2D eigenvalue weighted by atomic mass is 10.2. The quantitative estimate of drug-likeness (QED) is 0.690. The Kier molecular flexibility index (Phi) is 7.18. The highest BCUT2D eigenvalue weighted by atomic mass is 32.2. The summed E-state index contributed by atoms with van der Waals surface area (Å²) in [5.74, 6) is -0.103. The second-order valence-corrected chi connectivity index (χ2v) is 6.52. The number of rotatable bonds is 9. The van der Waals surface area contributed by atoms with Crippen LogP contribution in [0.1, 0.15) is 12.8 Å². The summed E-state index contributed by atoms with van der Waals surface area (Å²) in [4.78, 5) is 11.6. The minimum absolute atomic E-state index is 0.103. The zero-order valence-corrected chi connectivity index (χ0v) is 13.2. The molecule has 1 amide bonds. The zero-order valence-electron chi connectivity index (χ0n) is 12.4. The predicted octanol–water partition coefficient (Wildman–Crippen LogP) is 0.995. The molecule has 0 aromatic heterocycles. The summed E-state index contributed by atoms with van der Waals surface area (Å²) in [5.41, 5.74) is 0.611. The normalized spacial score (nSPS) is 11.1. The van der Waals surface area contributed by atoms with Gasteiger partial charge in [-0.1, -0.05) is 18.2 Å². The molecule has 0 bridgehead atoms. The molecule has 0 aliphatic heterocycles. The van der Waals surface area contributed by atoms with Crippen LogP contribution in [0.5, 0.6) is 0 Å². The summed E-state index contributed by atoms with van der Waals surface area (Å²) >= 11 is 0. The highest BCUT2D eigenvalue weighted by molar-refractivity contribution is 7.92. The minimum Gasteiger partial charge on any atom is -0.383 e. The Morgan fingerprint density at radius 1 is 1.29 bits per heavy atom. The Labute approximate surface area is 126 Å². The predicted molar refractivity (Wildman–Crippen MR) is 82.8 cm³/mol. The first kappa shape index (κ1) is 17.5. The maximum Gasteiger partial charge on any atom is 0.232 e. The molecule has 0 aliphatic rings. The highest BCUT2D eigenvalue weighted by Crippen LogP contribution is 2.17. The molecular formula is C14H22N2O4S. The molecule has 21 heavy (non-hydrogen) atoms. The van der Waals surface area contributed by atoms with Gasteiger partial charge in [-0.2, -0.15) is 0 Å². The Balaban J connectivity index is 2.51. The maximum absolute atomic E-state index is 11.8. The molecule has 1 N–H and O–H groups in total. The topological polar surface area (TPSA) is 75.7 Å². The van der Waals surface area contributed by atoms with Crippen molar-refractivity contribution in [2.45, 2.75) is 12.8 Å². The van der Waals surface area contributed by atoms with Crippen molar-refractivity contribution >= 4 is 21.6 Å². The summed E-state index contributed by atoms with van der Waals surface area (Å²) in [7, 11) is -1.79. The van der Waals surface area contributed by atoms with E-state index in [2.05, 4.69) is 5.32 Å². The third kappa shape index (κ3) is 6.59. The summed E-state index contributed by atoms with van der Waals surface area (Å²) in [6.07, 6.45) is 1.90. The molecule has 0 unspecified atom stereocenters. The number of ether oxygens (including phenoxy) is 1. The van der Waals surface area contributed by atoms with E-state index in [9.17, 15) is 13.2 Å². The van der Waals surface area contributed by atoms with E-state index in [0.29, 0.717) is 25.3 Å². The molecule has 6 nitrogen and oxygen atoms in total. The van der Waals surface area contributed by atoms with Crippen LogP contribution in [0.15, 0.2) is 30.3 Å². The van der Waals surface area contributed by atoms with Gasteiger partial charge in [-0.3, -0.25) is 9.10 Å². The molecule has 1 aromatic carbocycles. The SMILES string of the molecule is COCCNC(=O)CCCN(c1ccccc1)S(C)(=O)=O. The third-order valence-corrected chi connectivity index (χ3v) is 4.03. The molecule has 118 valence electrons. The number of amides is 1. The van der Waals surface area contributed by atoms with E-state index in [0.717, 1.165) is 0 Å². The number of nitrogens with one attached hydrogen (secondary N) is 1. The fourth-order valence-corrected chi connectivity index (χ4v) is 2.81. The lowest BCUT2D eigenvalue weighted by molar-refractivity contribution is -0.121. The number of carbonyl (C=O) groups is 1. The molecule has 0 saturated carbocycles. The van der Waals surface area contributed by atoms with Crippen LogP contribution in [0.3, 0.4) is 0 Å². The molecule has 0 spiro atoms. The molecule has 0 fully saturated rings. The largest absolute Gasteiger partial charge is 0.383 e. The monoisotopic (exact) mass is 314 g/mol. The van der Waals surface area contributed by atoms with Crippen molar-refractivity contribution in [1.82, 2.24) is 5.32 Å². The van der Waals surface area contributed by atoms with Crippen LogP contribution in [-0.2, 0) is 19.6 Å². The number of hydrogen-bond donors (Lipinski definition) is 1. The average molecular weight is 314 g/mol. The summed E-state index contributed by atoms with van der Waals surface area (Å²) in [6.45, 7) is 1.20. The number of para-hydroxylation sites is 1. The van der Waals surface area contributed by atoms with Gasteiger partial charge >= 0.3 is 0 Å². The smallest absolute Gasteiger partial charge is 0.232 e. The van der Waals surface area contributed by atoms with E-state index in [-0.39, 0.29) is 18.9 Å². The Hall–Kier alpha value is -1.60. The van der Waals surface area contributed by atoms with Gasteiger partial charge < -0.3 is 10.1 Å². The number of methoxy groups -OCH3 is 1. The summed E-state index contributed by atoms with van der Waals surface area (Å²) in [6, 6.07) is 8.86. The lowest BCUT2D eigenvalue weighted by Crippen LogP contribution is -2.32. The van der Waals surface area contributed by atoms with Gasteiger partial charge in [0.25, 0.3) is 0 Å². The standard InChI is InChI=1S/C14H22N2O4S/c1-20-12-10-15-14(17)9-6-11-16(21(2,18)19)13-7-4-3-5-8-13/h3-5,7-8H,6,9-12H2,1-2H3,(H,15,17). The number of sulfonamides is 1. The fraction of sp³-hybridized carbons (Fsp3) is 0.500. The Morgan fingerprint density at radius 2 is 1.95 bits per heavy atom. The lowest BCUT2D eigenvalue weighted by Gasteiger charge is -2.22. The summed E-state index contributed by atoms with van der Waals surface area (Å²) in [5, 5.41) is 2.70. The van der Waals surface area contributed by atoms with Crippen molar-refractivity contribution in [2.75, 3.05) is 37.4 Å². The molecule has 0 atom stereocenters. The fourth-order valence-electron chi connectivity index (χ4n) is 1.84. The van der Waals surface area contributed by atoms with E-state index in [1.54, 1.807) is 31.4 Å². The third-order valence-electron chi connectivity index (χ3n) is 2.84. The Bertz CT molecular complexity index is 531. The molecule has 7 heteroatoms. The second-order valence-electron chi connectivity index (χ2n) is 4.62. The molecular weight excluding hydrogens is 292 g/mol.